The Hall–Kier alpha value is -2.06. The van der Waals surface area contributed by atoms with Gasteiger partial charge in [-0.2, -0.15) is 0 Å². The van der Waals surface area contributed by atoms with Gasteiger partial charge in [0.1, 0.15) is 5.75 Å². The van der Waals surface area contributed by atoms with Crippen molar-refractivity contribution in [2.45, 2.75) is 44.8 Å². The van der Waals surface area contributed by atoms with Crippen LogP contribution in [0.15, 0.2) is 60.7 Å². The van der Waals surface area contributed by atoms with Crippen LogP contribution in [0.3, 0.4) is 0 Å². The molecule has 0 amide bonds. The zero-order valence-electron chi connectivity index (χ0n) is 14.3. The first kappa shape index (κ1) is 15.5. The number of rotatable bonds is 5. The van der Waals surface area contributed by atoms with Crippen molar-refractivity contribution >= 4 is 5.57 Å². The predicted octanol–water partition coefficient (Wildman–Crippen LogP) is 4.91. The van der Waals surface area contributed by atoms with E-state index >= 15 is 0 Å². The number of fused-ring (bicyclic) bond motifs is 2. The molecular formula is C22H25NO. The Morgan fingerprint density at radius 3 is 2.71 bits per heavy atom. The Bertz CT molecular complexity index is 722. The van der Waals surface area contributed by atoms with E-state index in [1.165, 1.54) is 29.5 Å². The first-order valence-electron chi connectivity index (χ1n) is 9.07. The third-order valence-electron chi connectivity index (χ3n) is 5.26. The molecule has 0 radical (unpaired) electrons. The van der Waals surface area contributed by atoms with Crippen LogP contribution in [0.4, 0.5) is 0 Å². The van der Waals surface area contributed by atoms with E-state index in [4.69, 9.17) is 4.74 Å². The molecule has 2 aromatic carbocycles. The molecule has 124 valence electrons. The lowest BCUT2D eigenvalue weighted by Crippen LogP contribution is -2.37. The fraction of sp³-hybridized carbons (Fsp3) is 0.364. The van der Waals surface area contributed by atoms with Gasteiger partial charge in [-0.1, -0.05) is 48.5 Å². The van der Waals surface area contributed by atoms with Crippen molar-refractivity contribution in [1.82, 2.24) is 4.90 Å². The summed E-state index contributed by atoms with van der Waals surface area (Å²) in [6.07, 6.45) is 6.24. The summed E-state index contributed by atoms with van der Waals surface area (Å²) in [4.78, 5) is 2.69. The number of ether oxygens (including phenoxy) is 1. The van der Waals surface area contributed by atoms with Gasteiger partial charge in [0.15, 0.2) is 0 Å². The van der Waals surface area contributed by atoms with Crippen LogP contribution in [0.2, 0.25) is 0 Å². The highest BCUT2D eigenvalue weighted by molar-refractivity contribution is 5.69. The Balaban J connectivity index is 1.54. The topological polar surface area (TPSA) is 12.5 Å². The summed E-state index contributed by atoms with van der Waals surface area (Å²) in [5, 5.41) is 0. The lowest BCUT2D eigenvalue weighted by atomic mass is 9.94. The molecule has 0 aromatic heterocycles. The molecule has 24 heavy (non-hydrogen) atoms. The minimum absolute atomic E-state index is 0.578. The van der Waals surface area contributed by atoms with E-state index in [0.29, 0.717) is 12.1 Å². The minimum Gasteiger partial charge on any atom is -0.494 e. The zero-order chi connectivity index (χ0) is 16.4. The molecule has 2 unspecified atom stereocenters. The van der Waals surface area contributed by atoms with Crippen LogP contribution < -0.4 is 4.74 Å². The van der Waals surface area contributed by atoms with Gasteiger partial charge >= 0.3 is 0 Å². The van der Waals surface area contributed by atoms with E-state index in [1.807, 2.05) is 13.0 Å². The van der Waals surface area contributed by atoms with Crippen LogP contribution in [0.25, 0.3) is 5.57 Å². The van der Waals surface area contributed by atoms with E-state index in [9.17, 15) is 0 Å². The maximum Gasteiger partial charge on any atom is 0.119 e. The maximum atomic E-state index is 5.67. The fourth-order valence-electron chi connectivity index (χ4n) is 4.13. The highest BCUT2D eigenvalue weighted by Gasteiger charge is 2.36. The average molecular weight is 319 g/mol. The summed E-state index contributed by atoms with van der Waals surface area (Å²) in [5.74, 6) is 0.981. The highest BCUT2D eigenvalue weighted by atomic mass is 16.5. The third kappa shape index (κ3) is 3.11. The molecule has 2 heteroatoms. The standard InChI is InChI=1S/C22H25NO/c1-2-24-22-10-6-9-18(15-22)19-13-20-11-12-21(14-19)23(20)16-17-7-4-3-5-8-17/h3-10,13,15,20-21H,2,11-12,14,16H2,1H3. The SMILES string of the molecule is CCOc1cccc(C2=CC3CCC(C2)N3Cc2ccccc2)c1. The fourth-order valence-corrected chi connectivity index (χ4v) is 4.13. The maximum absolute atomic E-state index is 5.67. The van der Waals surface area contributed by atoms with Crippen LogP contribution in [-0.4, -0.2) is 23.6 Å². The largest absolute Gasteiger partial charge is 0.494 e. The third-order valence-corrected chi connectivity index (χ3v) is 5.26. The highest BCUT2D eigenvalue weighted by Crippen LogP contribution is 2.39. The van der Waals surface area contributed by atoms with E-state index in [1.54, 1.807) is 0 Å². The monoisotopic (exact) mass is 319 g/mol. The van der Waals surface area contributed by atoms with E-state index in [-0.39, 0.29) is 0 Å². The smallest absolute Gasteiger partial charge is 0.119 e. The molecule has 4 rings (SSSR count). The molecule has 0 N–H and O–H groups in total. The van der Waals surface area contributed by atoms with Gasteiger partial charge < -0.3 is 4.74 Å². The summed E-state index contributed by atoms with van der Waals surface area (Å²) in [5.41, 5.74) is 4.25. The van der Waals surface area contributed by atoms with Gasteiger partial charge in [0, 0.05) is 18.6 Å². The lowest BCUT2D eigenvalue weighted by molar-refractivity contribution is 0.203. The summed E-state index contributed by atoms with van der Waals surface area (Å²) in [6.45, 7) is 3.83. The van der Waals surface area contributed by atoms with Gasteiger partial charge in [-0.25, -0.2) is 0 Å². The van der Waals surface area contributed by atoms with Gasteiger partial charge in [0.2, 0.25) is 0 Å². The van der Waals surface area contributed by atoms with Gasteiger partial charge in [0.25, 0.3) is 0 Å². The Morgan fingerprint density at radius 1 is 1.04 bits per heavy atom. The van der Waals surface area contributed by atoms with E-state index in [0.717, 1.165) is 25.3 Å². The second kappa shape index (κ2) is 6.82. The molecule has 1 fully saturated rings. The summed E-state index contributed by atoms with van der Waals surface area (Å²) < 4.78 is 5.67. The average Bonchev–Trinajstić information content (AvgIpc) is 2.84. The van der Waals surface area contributed by atoms with Crippen LogP contribution in [0.1, 0.15) is 37.3 Å². The molecule has 2 aromatic rings. The molecule has 2 aliphatic rings. The van der Waals surface area contributed by atoms with E-state index < -0.39 is 0 Å². The molecule has 0 aliphatic carbocycles. The molecular weight excluding hydrogens is 294 g/mol. The summed E-state index contributed by atoms with van der Waals surface area (Å²) in [7, 11) is 0. The molecule has 2 nitrogen and oxygen atoms in total. The van der Waals surface area contributed by atoms with Crippen LogP contribution in [-0.2, 0) is 6.54 Å². The van der Waals surface area contributed by atoms with Crippen LogP contribution in [0, 0.1) is 0 Å². The first-order chi connectivity index (χ1) is 11.8. The zero-order valence-corrected chi connectivity index (χ0v) is 14.3. The quantitative estimate of drug-likeness (QED) is 0.777. The second-order valence-electron chi connectivity index (χ2n) is 6.81. The Kier molecular flexibility index (Phi) is 4.40. The van der Waals surface area contributed by atoms with Gasteiger partial charge in [-0.15, -0.1) is 0 Å². The van der Waals surface area contributed by atoms with Crippen molar-refractivity contribution < 1.29 is 4.74 Å². The number of benzene rings is 2. The Labute approximate surface area is 144 Å². The Morgan fingerprint density at radius 2 is 1.92 bits per heavy atom. The number of hydrogen-bond acceptors (Lipinski definition) is 2. The molecule has 2 heterocycles. The molecule has 0 saturated carbocycles. The summed E-state index contributed by atoms with van der Waals surface area (Å²) in [6, 6.07) is 20.7. The second-order valence-corrected chi connectivity index (χ2v) is 6.81. The van der Waals surface area contributed by atoms with Crippen molar-refractivity contribution in [2.24, 2.45) is 0 Å². The van der Waals surface area contributed by atoms with Crippen molar-refractivity contribution in [1.29, 1.82) is 0 Å². The lowest BCUT2D eigenvalue weighted by Gasteiger charge is -2.34. The normalized spacial score (nSPS) is 23.1. The molecule has 0 spiro atoms. The number of nitrogens with zero attached hydrogens (tertiary/aromatic N) is 1. The van der Waals surface area contributed by atoms with Gasteiger partial charge in [-0.05, 0) is 55.0 Å². The van der Waals surface area contributed by atoms with Crippen LogP contribution >= 0.6 is 0 Å². The summed E-state index contributed by atoms with van der Waals surface area (Å²) >= 11 is 0. The van der Waals surface area contributed by atoms with E-state index in [2.05, 4.69) is 59.5 Å². The predicted molar refractivity (Wildman–Crippen MR) is 99.0 cm³/mol. The van der Waals surface area contributed by atoms with Gasteiger partial charge in [-0.3, -0.25) is 4.90 Å². The number of hydrogen-bond donors (Lipinski definition) is 0. The minimum atomic E-state index is 0.578. The van der Waals surface area contributed by atoms with Crippen LogP contribution in [0.5, 0.6) is 5.75 Å². The first-order valence-corrected chi connectivity index (χ1v) is 9.07. The molecule has 1 saturated heterocycles. The molecule has 2 bridgehead atoms. The molecule has 2 aliphatic heterocycles. The molecule has 2 atom stereocenters. The van der Waals surface area contributed by atoms with Crippen molar-refractivity contribution in [2.75, 3.05) is 6.61 Å². The van der Waals surface area contributed by atoms with Gasteiger partial charge in [0.05, 0.1) is 6.61 Å². The van der Waals surface area contributed by atoms with Crippen molar-refractivity contribution in [3.05, 3.63) is 71.8 Å². The van der Waals surface area contributed by atoms with Crippen molar-refractivity contribution in [3.63, 3.8) is 0 Å². The van der Waals surface area contributed by atoms with Crippen molar-refractivity contribution in [3.8, 4) is 5.75 Å².